The molecule has 1 atom stereocenters. The fourth-order valence-corrected chi connectivity index (χ4v) is 2.06. The molecule has 4 heteroatoms. The van der Waals surface area contributed by atoms with Crippen molar-refractivity contribution in [3.8, 4) is 0 Å². The number of pyridine rings is 1. The lowest BCUT2D eigenvalue weighted by molar-refractivity contribution is 0.502. The minimum atomic E-state index is 0.0704. The molecule has 16 heavy (non-hydrogen) atoms. The minimum absolute atomic E-state index is 0.0704. The zero-order chi connectivity index (χ0) is 11.8. The fourth-order valence-electron chi connectivity index (χ4n) is 1.47. The highest BCUT2D eigenvalue weighted by Crippen LogP contribution is 1.99. The first-order chi connectivity index (χ1) is 7.74. The molecule has 0 saturated heterocycles. The smallest absolute Gasteiger partial charge is 0.250 e. The molecule has 1 heterocycles. The van der Waals surface area contributed by atoms with Gasteiger partial charge in [-0.1, -0.05) is 6.07 Å². The molecule has 0 aromatic carbocycles. The SMILES string of the molecule is CSCCC(C)NCCn1ccccc1=O. The van der Waals surface area contributed by atoms with Gasteiger partial charge in [0.15, 0.2) is 0 Å². The first-order valence-corrected chi connectivity index (χ1v) is 7.01. The zero-order valence-corrected chi connectivity index (χ0v) is 10.8. The second kappa shape index (κ2) is 7.52. The molecule has 1 aromatic rings. The maximum atomic E-state index is 11.4. The van der Waals surface area contributed by atoms with E-state index in [-0.39, 0.29) is 5.56 Å². The summed E-state index contributed by atoms with van der Waals surface area (Å²) in [5, 5.41) is 3.42. The molecule has 3 nitrogen and oxygen atoms in total. The number of thioether (sulfide) groups is 1. The monoisotopic (exact) mass is 240 g/mol. The van der Waals surface area contributed by atoms with Crippen molar-refractivity contribution in [3.05, 3.63) is 34.7 Å². The van der Waals surface area contributed by atoms with Crippen LogP contribution in [0.2, 0.25) is 0 Å². The summed E-state index contributed by atoms with van der Waals surface area (Å²) in [6, 6.07) is 5.77. The van der Waals surface area contributed by atoms with Gasteiger partial charge >= 0.3 is 0 Å². The summed E-state index contributed by atoms with van der Waals surface area (Å²) in [4.78, 5) is 11.4. The third-order valence-corrected chi connectivity index (χ3v) is 3.14. The number of hydrogen-bond acceptors (Lipinski definition) is 3. The molecule has 0 saturated carbocycles. The lowest BCUT2D eigenvalue weighted by atomic mass is 10.2. The molecule has 1 N–H and O–H groups in total. The van der Waals surface area contributed by atoms with E-state index in [9.17, 15) is 4.79 Å². The van der Waals surface area contributed by atoms with E-state index in [1.165, 1.54) is 12.2 Å². The molecule has 1 rings (SSSR count). The quantitative estimate of drug-likeness (QED) is 0.785. The lowest BCUT2D eigenvalue weighted by Gasteiger charge is -2.13. The van der Waals surface area contributed by atoms with Gasteiger partial charge in [-0.15, -0.1) is 0 Å². The molecule has 0 aliphatic carbocycles. The summed E-state index contributed by atoms with van der Waals surface area (Å²) in [5.41, 5.74) is 0.0704. The molecule has 1 aromatic heterocycles. The molecule has 0 amide bonds. The van der Waals surface area contributed by atoms with Gasteiger partial charge in [-0.05, 0) is 31.4 Å². The molecular formula is C12H20N2OS. The van der Waals surface area contributed by atoms with Gasteiger partial charge in [0.1, 0.15) is 0 Å². The minimum Gasteiger partial charge on any atom is -0.314 e. The molecule has 0 bridgehead atoms. The zero-order valence-electron chi connectivity index (χ0n) is 9.98. The average molecular weight is 240 g/mol. The van der Waals surface area contributed by atoms with Crippen molar-refractivity contribution in [2.24, 2.45) is 0 Å². The van der Waals surface area contributed by atoms with Crippen molar-refractivity contribution in [3.63, 3.8) is 0 Å². The Balaban J connectivity index is 2.25. The predicted octanol–water partition coefficient (Wildman–Crippen LogP) is 1.58. The number of rotatable bonds is 7. The van der Waals surface area contributed by atoms with Gasteiger partial charge in [0, 0.05) is 31.4 Å². The maximum Gasteiger partial charge on any atom is 0.250 e. The van der Waals surface area contributed by atoms with Gasteiger partial charge < -0.3 is 9.88 Å². The van der Waals surface area contributed by atoms with Crippen LogP contribution in [0.1, 0.15) is 13.3 Å². The Morgan fingerprint density at radius 3 is 3.00 bits per heavy atom. The van der Waals surface area contributed by atoms with E-state index < -0.39 is 0 Å². The van der Waals surface area contributed by atoms with Gasteiger partial charge in [-0.3, -0.25) is 4.79 Å². The topological polar surface area (TPSA) is 34.0 Å². The predicted molar refractivity (Wildman–Crippen MR) is 71.2 cm³/mol. The second-order valence-electron chi connectivity index (χ2n) is 3.87. The van der Waals surface area contributed by atoms with Crippen LogP contribution in [0.4, 0.5) is 0 Å². The lowest BCUT2D eigenvalue weighted by Crippen LogP contribution is -2.32. The van der Waals surface area contributed by atoms with E-state index in [0.717, 1.165) is 13.1 Å². The van der Waals surface area contributed by atoms with Crippen LogP contribution in [-0.2, 0) is 6.54 Å². The van der Waals surface area contributed by atoms with Gasteiger partial charge in [-0.25, -0.2) is 0 Å². The Morgan fingerprint density at radius 1 is 1.50 bits per heavy atom. The molecule has 90 valence electrons. The Labute approximate surface area is 101 Å². The van der Waals surface area contributed by atoms with Crippen molar-refractivity contribution < 1.29 is 0 Å². The van der Waals surface area contributed by atoms with Crippen molar-refractivity contribution in [1.82, 2.24) is 9.88 Å². The Morgan fingerprint density at radius 2 is 2.31 bits per heavy atom. The van der Waals surface area contributed by atoms with E-state index in [0.29, 0.717) is 6.04 Å². The first kappa shape index (κ1) is 13.3. The summed E-state index contributed by atoms with van der Waals surface area (Å²) < 4.78 is 1.73. The maximum absolute atomic E-state index is 11.4. The van der Waals surface area contributed by atoms with Crippen molar-refractivity contribution in [2.75, 3.05) is 18.6 Å². The fraction of sp³-hybridized carbons (Fsp3) is 0.583. The number of nitrogens with one attached hydrogen (secondary N) is 1. The van der Waals surface area contributed by atoms with Crippen LogP contribution < -0.4 is 10.9 Å². The van der Waals surface area contributed by atoms with Crippen molar-refractivity contribution >= 4 is 11.8 Å². The van der Waals surface area contributed by atoms with Crippen LogP contribution in [0.3, 0.4) is 0 Å². The van der Waals surface area contributed by atoms with Crippen molar-refractivity contribution in [2.45, 2.75) is 25.9 Å². The third-order valence-electron chi connectivity index (χ3n) is 2.50. The van der Waals surface area contributed by atoms with E-state index in [4.69, 9.17) is 0 Å². The van der Waals surface area contributed by atoms with Crippen LogP contribution in [0.15, 0.2) is 29.2 Å². The largest absolute Gasteiger partial charge is 0.314 e. The Hall–Kier alpha value is -0.740. The van der Waals surface area contributed by atoms with Crippen LogP contribution in [0, 0.1) is 0 Å². The Kier molecular flexibility index (Phi) is 6.26. The van der Waals surface area contributed by atoms with Gasteiger partial charge in [0.05, 0.1) is 0 Å². The van der Waals surface area contributed by atoms with E-state index in [1.54, 1.807) is 16.7 Å². The highest BCUT2D eigenvalue weighted by molar-refractivity contribution is 7.98. The summed E-state index contributed by atoms with van der Waals surface area (Å²) in [6.45, 7) is 3.77. The highest BCUT2D eigenvalue weighted by Gasteiger charge is 2.00. The van der Waals surface area contributed by atoms with E-state index in [2.05, 4.69) is 18.5 Å². The molecule has 1 unspecified atom stereocenters. The molecule has 0 fully saturated rings. The van der Waals surface area contributed by atoms with Gasteiger partial charge in [-0.2, -0.15) is 11.8 Å². The van der Waals surface area contributed by atoms with Gasteiger partial charge in [0.2, 0.25) is 0 Å². The van der Waals surface area contributed by atoms with Gasteiger partial charge in [0.25, 0.3) is 5.56 Å². The summed E-state index contributed by atoms with van der Waals surface area (Å²) in [6.07, 6.45) is 5.12. The highest BCUT2D eigenvalue weighted by atomic mass is 32.2. The second-order valence-corrected chi connectivity index (χ2v) is 4.85. The van der Waals surface area contributed by atoms with Crippen LogP contribution in [0.5, 0.6) is 0 Å². The standard InChI is InChI=1S/C12H20N2OS/c1-11(6-10-16-2)13-7-9-14-8-4-3-5-12(14)15/h3-5,8,11,13H,6-7,9-10H2,1-2H3. The summed E-state index contributed by atoms with van der Waals surface area (Å²) >= 11 is 1.87. The number of nitrogens with zero attached hydrogens (tertiary/aromatic N) is 1. The molecule has 0 aliphatic rings. The normalized spacial score (nSPS) is 12.6. The third kappa shape index (κ3) is 4.86. The molecule has 0 radical (unpaired) electrons. The Bertz CT molecular complexity index is 351. The summed E-state index contributed by atoms with van der Waals surface area (Å²) in [7, 11) is 0. The van der Waals surface area contributed by atoms with Crippen molar-refractivity contribution in [1.29, 1.82) is 0 Å². The number of hydrogen-bond donors (Lipinski definition) is 1. The number of aromatic nitrogens is 1. The van der Waals surface area contributed by atoms with Crippen LogP contribution in [0.25, 0.3) is 0 Å². The average Bonchev–Trinajstić information content (AvgIpc) is 2.29. The molecule has 0 spiro atoms. The first-order valence-electron chi connectivity index (χ1n) is 5.62. The van der Waals surface area contributed by atoms with Crippen LogP contribution >= 0.6 is 11.8 Å². The molecular weight excluding hydrogens is 220 g/mol. The van der Waals surface area contributed by atoms with Crippen LogP contribution in [-0.4, -0.2) is 29.2 Å². The van der Waals surface area contributed by atoms with E-state index in [1.807, 2.05) is 24.0 Å². The molecule has 0 aliphatic heterocycles. The van der Waals surface area contributed by atoms with E-state index >= 15 is 0 Å². The summed E-state index contributed by atoms with van der Waals surface area (Å²) in [5.74, 6) is 1.18.